The molecule has 17 heavy (non-hydrogen) atoms. The van der Waals surface area contributed by atoms with Crippen molar-refractivity contribution in [1.82, 2.24) is 0 Å². The molecule has 2 rings (SSSR count). The molecule has 0 spiro atoms. The van der Waals surface area contributed by atoms with E-state index >= 15 is 0 Å². The van der Waals surface area contributed by atoms with Crippen molar-refractivity contribution in [2.45, 2.75) is 44.8 Å². The zero-order chi connectivity index (χ0) is 12.1. The van der Waals surface area contributed by atoms with Gasteiger partial charge in [-0.3, -0.25) is 0 Å². The van der Waals surface area contributed by atoms with E-state index in [0.717, 1.165) is 32.3 Å². The second-order valence-electron chi connectivity index (χ2n) is 4.63. The summed E-state index contributed by atoms with van der Waals surface area (Å²) >= 11 is 0. The van der Waals surface area contributed by atoms with Crippen LogP contribution in [0.15, 0.2) is 24.3 Å². The second-order valence-corrected chi connectivity index (χ2v) is 4.63. The van der Waals surface area contributed by atoms with Crippen molar-refractivity contribution in [2.75, 3.05) is 11.9 Å². The summed E-state index contributed by atoms with van der Waals surface area (Å²) in [6.07, 6.45) is 4.49. The maximum absolute atomic E-state index is 13.5. The Morgan fingerprint density at radius 1 is 1.41 bits per heavy atom. The molecule has 1 aliphatic rings. The van der Waals surface area contributed by atoms with Crippen molar-refractivity contribution < 1.29 is 9.13 Å². The molecule has 0 saturated carbocycles. The summed E-state index contributed by atoms with van der Waals surface area (Å²) in [6, 6.07) is 7.18. The van der Waals surface area contributed by atoms with Gasteiger partial charge in [0.2, 0.25) is 0 Å². The fourth-order valence-electron chi connectivity index (χ4n) is 2.33. The largest absolute Gasteiger partial charge is 0.380 e. The first-order valence-corrected chi connectivity index (χ1v) is 6.42. The number of ether oxygens (including phenoxy) is 1. The number of para-hydroxylation sites is 1. The van der Waals surface area contributed by atoms with Crippen molar-refractivity contribution in [1.29, 1.82) is 0 Å². The van der Waals surface area contributed by atoms with Gasteiger partial charge in [0.1, 0.15) is 5.82 Å². The molecule has 2 unspecified atom stereocenters. The summed E-state index contributed by atoms with van der Waals surface area (Å²) in [4.78, 5) is 0. The van der Waals surface area contributed by atoms with Crippen molar-refractivity contribution in [3.8, 4) is 0 Å². The van der Waals surface area contributed by atoms with Gasteiger partial charge < -0.3 is 10.1 Å². The smallest absolute Gasteiger partial charge is 0.146 e. The molecule has 0 aromatic heterocycles. The summed E-state index contributed by atoms with van der Waals surface area (Å²) in [5.41, 5.74) is 0.606. The van der Waals surface area contributed by atoms with Crippen LogP contribution < -0.4 is 5.32 Å². The monoisotopic (exact) mass is 237 g/mol. The van der Waals surface area contributed by atoms with Crippen LogP contribution in [0.5, 0.6) is 0 Å². The minimum atomic E-state index is -0.175. The fraction of sp³-hybridized carbons (Fsp3) is 0.571. The molecule has 0 bridgehead atoms. The van der Waals surface area contributed by atoms with Gasteiger partial charge >= 0.3 is 0 Å². The molecule has 0 aliphatic carbocycles. The zero-order valence-electron chi connectivity index (χ0n) is 10.3. The Bertz CT molecular complexity index is 354. The normalized spacial score (nSPS) is 24.6. The van der Waals surface area contributed by atoms with E-state index < -0.39 is 0 Å². The van der Waals surface area contributed by atoms with E-state index in [-0.39, 0.29) is 5.82 Å². The fourth-order valence-corrected chi connectivity index (χ4v) is 2.33. The van der Waals surface area contributed by atoms with Gasteiger partial charge in [0.15, 0.2) is 0 Å². The molecule has 0 radical (unpaired) electrons. The molecule has 1 saturated heterocycles. The summed E-state index contributed by atoms with van der Waals surface area (Å²) in [7, 11) is 0. The number of halogens is 1. The predicted octanol–water partition coefficient (Wildman–Crippen LogP) is 3.59. The lowest BCUT2D eigenvalue weighted by Gasteiger charge is -2.30. The van der Waals surface area contributed by atoms with Crippen LogP contribution in [0, 0.1) is 5.82 Å². The van der Waals surface area contributed by atoms with E-state index in [9.17, 15) is 4.39 Å². The molecule has 3 heteroatoms. The first-order valence-electron chi connectivity index (χ1n) is 6.42. The zero-order valence-corrected chi connectivity index (χ0v) is 10.3. The van der Waals surface area contributed by atoms with E-state index in [0.29, 0.717) is 17.8 Å². The van der Waals surface area contributed by atoms with Crippen LogP contribution in [0.2, 0.25) is 0 Å². The quantitative estimate of drug-likeness (QED) is 0.864. The van der Waals surface area contributed by atoms with Crippen LogP contribution in [0.3, 0.4) is 0 Å². The van der Waals surface area contributed by atoms with Crippen LogP contribution in [0.4, 0.5) is 10.1 Å². The van der Waals surface area contributed by atoms with Crippen LogP contribution in [-0.4, -0.2) is 18.8 Å². The molecule has 1 aliphatic heterocycles. The van der Waals surface area contributed by atoms with Crippen molar-refractivity contribution in [3.63, 3.8) is 0 Å². The van der Waals surface area contributed by atoms with E-state index in [4.69, 9.17) is 4.74 Å². The van der Waals surface area contributed by atoms with E-state index in [1.807, 2.05) is 6.07 Å². The average Bonchev–Trinajstić information content (AvgIpc) is 2.33. The lowest BCUT2D eigenvalue weighted by atomic mass is 10.00. The van der Waals surface area contributed by atoms with Gasteiger partial charge in [-0.05, 0) is 31.4 Å². The molecule has 1 fully saturated rings. The lowest BCUT2D eigenvalue weighted by Crippen LogP contribution is -2.34. The summed E-state index contributed by atoms with van der Waals surface area (Å²) < 4.78 is 19.2. The molecule has 0 amide bonds. The topological polar surface area (TPSA) is 21.3 Å². The minimum Gasteiger partial charge on any atom is -0.380 e. The van der Waals surface area contributed by atoms with E-state index in [1.165, 1.54) is 6.07 Å². The number of hydrogen-bond acceptors (Lipinski definition) is 2. The summed E-state index contributed by atoms with van der Waals surface area (Å²) in [5.74, 6) is -0.175. The first kappa shape index (κ1) is 12.4. The molecular weight excluding hydrogens is 217 g/mol. The second kappa shape index (κ2) is 6.01. The molecule has 1 aromatic rings. The third kappa shape index (κ3) is 3.43. The lowest BCUT2D eigenvalue weighted by molar-refractivity contribution is 0.00593. The third-order valence-corrected chi connectivity index (χ3v) is 3.21. The standard InChI is InChI=1S/C14H20FNO/c1-2-5-12-10-11(8-9-17-12)16-14-7-4-3-6-13(14)15/h3-4,6-7,11-12,16H,2,5,8-10H2,1H3. The number of rotatable bonds is 4. The van der Waals surface area contributed by atoms with Crippen LogP contribution in [0.25, 0.3) is 0 Å². The van der Waals surface area contributed by atoms with Gasteiger partial charge in [-0.2, -0.15) is 0 Å². The van der Waals surface area contributed by atoms with Crippen molar-refractivity contribution in [2.24, 2.45) is 0 Å². The van der Waals surface area contributed by atoms with Gasteiger partial charge in [0.25, 0.3) is 0 Å². The molecule has 2 atom stereocenters. The maximum atomic E-state index is 13.5. The molecular formula is C14H20FNO. The molecule has 1 aromatic carbocycles. The van der Waals surface area contributed by atoms with Crippen LogP contribution in [0.1, 0.15) is 32.6 Å². The average molecular weight is 237 g/mol. The third-order valence-electron chi connectivity index (χ3n) is 3.21. The Morgan fingerprint density at radius 3 is 3.00 bits per heavy atom. The van der Waals surface area contributed by atoms with Gasteiger partial charge in [-0.25, -0.2) is 4.39 Å². The highest BCUT2D eigenvalue weighted by atomic mass is 19.1. The van der Waals surface area contributed by atoms with E-state index in [1.54, 1.807) is 12.1 Å². The molecule has 1 heterocycles. The predicted molar refractivity (Wildman–Crippen MR) is 67.7 cm³/mol. The van der Waals surface area contributed by atoms with Crippen LogP contribution in [-0.2, 0) is 4.74 Å². The van der Waals surface area contributed by atoms with Crippen molar-refractivity contribution >= 4 is 5.69 Å². The first-order chi connectivity index (χ1) is 8.29. The van der Waals surface area contributed by atoms with Gasteiger partial charge in [-0.1, -0.05) is 25.5 Å². The molecule has 2 nitrogen and oxygen atoms in total. The highest BCUT2D eigenvalue weighted by Crippen LogP contribution is 2.22. The Hall–Kier alpha value is -1.09. The summed E-state index contributed by atoms with van der Waals surface area (Å²) in [5, 5.41) is 3.28. The Balaban J connectivity index is 1.92. The van der Waals surface area contributed by atoms with Crippen LogP contribution >= 0.6 is 0 Å². The highest BCUT2D eigenvalue weighted by molar-refractivity contribution is 5.45. The number of nitrogens with one attached hydrogen (secondary N) is 1. The summed E-state index contributed by atoms with van der Waals surface area (Å²) in [6.45, 7) is 2.94. The Morgan fingerprint density at radius 2 is 2.24 bits per heavy atom. The minimum absolute atomic E-state index is 0.175. The Labute approximate surface area is 102 Å². The number of benzene rings is 1. The van der Waals surface area contributed by atoms with Gasteiger partial charge in [0, 0.05) is 12.6 Å². The Kier molecular flexibility index (Phi) is 4.37. The van der Waals surface area contributed by atoms with E-state index in [2.05, 4.69) is 12.2 Å². The number of anilines is 1. The molecule has 1 N–H and O–H groups in total. The van der Waals surface area contributed by atoms with Gasteiger partial charge in [-0.15, -0.1) is 0 Å². The maximum Gasteiger partial charge on any atom is 0.146 e. The molecule has 94 valence electrons. The SMILES string of the molecule is CCCC1CC(Nc2ccccc2F)CCO1. The highest BCUT2D eigenvalue weighted by Gasteiger charge is 2.22. The van der Waals surface area contributed by atoms with Gasteiger partial charge in [0.05, 0.1) is 11.8 Å². The number of hydrogen-bond donors (Lipinski definition) is 1. The van der Waals surface area contributed by atoms with Crippen molar-refractivity contribution in [3.05, 3.63) is 30.1 Å².